The van der Waals surface area contributed by atoms with E-state index in [0.29, 0.717) is 30.2 Å². The summed E-state index contributed by atoms with van der Waals surface area (Å²) in [5, 5.41) is 3.73. The summed E-state index contributed by atoms with van der Waals surface area (Å²) in [7, 11) is -3.82. The Hall–Kier alpha value is -2.09. The Morgan fingerprint density at radius 2 is 1.88 bits per heavy atom. The van der Waals surface area contributed by atoms with E-state index in [9.17, 15) is 13.2 Å². The first-order valence-electron chi connectivity index (χ1n) is 8.27. The van der Waals surface area contributed by atoms with Gasteiger partial charge in [0.25, 0.3) is 15.9 Å². The Kier molecular flexibility index (Phi) is 5.50. The van der Waals surface area contributed by atoms with Gasteiger partial charge in [0.1, 0.15) is 0 Å². The summed E-state index contributed by atoms with van der Waals surface area (Å²) in [4.78, 5) is 14.7. The number of piperazine rings is 1. The van der Waals surface area contributed by atoms with Crippen molar-refractivity contribution in [2.75, 3.05) is 24.4 Å². The van der Waals surface area contributed by atoms with Crippen LogP contribution in [0.4, 0.5) is 5.69 Å². The normalized spacial score (nSPS) is 17.8. The van der Waals surface area contributed by atoms with Crippen LogP contribution in [0, 0.1) is 0 Å². The number of benzene rings is 2. The molecule has 1 amide bonds. The first-order valence-corrected chi connectivity index (χ1v) is 10.1. The Morgan fingerprint density at radius 1 is 1.19 bits per heavy atom. The van der Waals surface area contributed by atoms with E-state index < -0.39 is 10.0 Å². The summed E-state index contributed by atoms with van der Waals surface area (Å²) in [5.41, 5.74) is 0.595. The quantitative estimate of drug-likeness (QED) is 0.836. The number of hydrogen-bond acceptors (Lipinski definition) is 4. The fourth-order valence-corrected chi connectivity index (χ4v) is 4.07. The van der Waals surface area contributed by atoms with E-state index in [1.165, 1.54) is 24.3 Å². The van der Waals surface area contributed by atoms with Crippen molar-refractivity contribution in [2.45, 2.75) is 17.9 Å². The van der Waals surface area contributed by atoms with Gasteiger partial charge < -0.3 is 10.2 Å². The van der Waals surface area contributed by atoms with Crippen LogP contribution >= 0.6 is 11.6 Å². The lowest BCUT2D eigenvalue weighted by Crippen LogP contribution is -2.51. The van der Waals surface area contributed by atoms with Crippen LogP contribution in [0.15, 0.2) is 53.4 Å². The van der Waals surface area contributed by atoms with Gasteiger partial charge in [-0.25, -0.2) is 8.42 Å². The van der Waals surface area contributed by atoms with Gasteiger partial charge in [-0.05, 0) is 43.3 Å². The molecule has 0 saturated carbocycles. The SMILES string of the molecule is CC1CN(C(=O)c2ccccc2NS(=O)(=O)c2ccc(Cl)cc2)CCN1. The first kappa shape index (κ1) is 18.7. The van der Waals surface area contributed by atoms with Crippen molar-refractivity contribution in [3.8, 4) is 0 Å². The number of para-hydroxylation sites is 1. The molecule has 1 fully saturated rings. The highest BCUT2D eigenvalue weighted by atomic mass is 35.5. The van der Waals surface area contributed by atoms with Gasteiger partial charge in [-0.2, -0.15) is 0 Å². The van der Waals surface area contributed by atoms with Crippen molar-refractivity contribution in [1.29, 1.82) is 0 Å². The fourth-order valence-electron chi connectivity index (χ4n) is 2.86. The number of rotatable bonds is 4. The number of halogens is 1. The smallest absolute Gasteiger partial charge is 0.261 e. The molecule has 2 N–H and O–H groups in total. The molecule has 0 aromatic heterocycles. The molecule has 2 aromatic rings. The van der Waals surface area contributed by atoms with E-state index in [2.05, 4.69) is 10.0 Å². The van der Waals surface area contributed by atoms with E-state index >= 15 is 0 Å². The molecule has 1 unspecified atom stereocenters. The van der Waals surface area contributed by atoms with E-state index in [0.717, 1.165) is 0 Å². The Labute approximate surface area is 158 Å². The molecule has 1 atom stereocenters. The highest BCUT2D eigenvalue weighted by Crippen LogP contribution is 2.23. The zero-order chi connectivity index (χ0) is 18.7. The molecule has 0 spiro atoms. The summed E-state index contributed by atoms with van der Waals surface area (Å²) < 4.78 is 27.8. The van der Waals surface area contributed by atoms with Crippen molar-refractivity contribution in [3.63, 3.8) is 0 Å². The van der Waals surface area contributed by atoms with Gasteiger partial charge >= 0.3 is 0 Å². The monoisotopic (exact) mass is 393 g/mol. The number of nitrogens with zero attached hydrogens (tertiary/aromatic N) is 1. The average Bonchev–Trinajstić information content (AvgIpc) is 2.62. The number of anilines is 1. The van der Waals surface area contributed by atoms with Crippen LogP contribution < -0.4 is 10.0 Å². The largest absolute Gasteiger partial charge is 0.336 e. The molecule has 6 nitrogen and oxygen atoms in total. The van der Waals surface area contributed by atoms with Crippen molar-refractivity contribution >= 4 is 33.2 Å². The molecule has 1 saturated heterocycles. The number of amides is 1. The number of carbonyl (C=O) groups is 1. The predicted molar refractivity (Wildman–Crippen MR) is 102 cm³/mol. The standard InChI is InChI=1S/C18H20ClN3O3S/c1-13-12-22(11-10-20-13)18(23)16-4-2-3-5-17(16)21-26(24,25)15-8-6-14(19)7-9-15/h2-9,13,20-21H,10-12H2,1H3. The minimum atomic E-state index is -3.82. The molecule has 0 bridgehead atoms. The first-order chi connectivity index (χ1) is 12.4. The molecule has 26 heavy (non-hydrogen) atoms. The summed E-state index contributed by atoms with van der Waals surface area (Å²) in [6.45, 7) is 3.89. The maximum absolute atomic E-state index is 12.9. The summed E-state index contributed by atoms with van der Waals surface area (Å²) in [6.07, 6.45) is 0. The number of sulfonamides is 1. The van der Waals surface area contributed by atoms with Crippen molar-refractivity contribution < 1.29 is 13.2 Å². The van der Waals surface area contributed by atoms with Crippen molar-refractivity contribution in [3.05, 3.63) is 59.1 Å². The van der Waals surface area contributed by atoms with Crippen molar-refractivity contribution in [2.24, 2.45) is 0 Å². The Bertz CT molecular complexity index is 900. The van der Waals surface area contributed by atoms with Gasteiger partial charge in [0.05, 0.1) is 16.1 Å². The number of hydrogen-bond donors (Lipinski definition) is 2. The second-order valence-electron chi connectivity index (χ2n) is 6.21. The molecule has 1 heterocycles. The Morgan fingerprint density at radius 3 is 2.58 bits per heavy atom. The molecular weight excluding hydrogens is 374 g/mol. The van der Waals surface area contributed by atoms with E-state index in [-0.39, 0.29) is 22.5 Å². The fraction of sp³-hybridized carbons (Fsp3) is 0.278. The van der Waals surface area contributed by atoms with Crippen LogP contribution in [0.3, 0.4) is 0 Å². The lowest BCUT2D eigenvalue weighted by molar-refractivity contribution is 0.0710. The van der Waals surface area contributed by atoms with Crippen LogP contribution in [0.1, 0.15) is 17.3 Å². The lowest BCUT2D eigenvalue weighted by Gasteiger charge is -2.32. The third-order valence-electron chi connectivity index (χ3n) is 4.18. The summed E-state index contributed by atoms with van der Waals surface area (Å²) >= 11 is 5.82. The molecule has 0 radical (unpaired) electrons. The van der Waals surface area contributed by atoms with Gasteiger partial charge in [0.15, 0.2) is 0 Å². The van der Waals surface area contributed by atoms with Gasteiger partial charge in [-0.1, -0.05) is 23.7 Å². The maximum Gasteiger partial charge on any atom is 0.261 e. The number of carbonyl (C=O) groups excluding carboxylic acids is 1. The van der Waals surface area contributed by atoms with Crippen LogP contribution in [-0.4, -0.2) is 44.9 Å². The average molecular weight is 394 g/mol. The third-order valence-corrected chi connectivity index (χ3v) is 5.82. The highest BCUT2D eigenvalue weighted by Gasteiger charge is 2.25. The van der Waals surface area contributed by atoms with Crippen LogP contribution in [-0.2, 0) is 10.0 Å². The van der Waals surface area contributed by atoms with Crippen molar-refractivity contribution in [1.82, 2.24) is 10.2 Å². The van der Waals surface area contributed by atoms with Crippen LogP contribution in [0.2, 0.25) is 5.02 Å². The van der Waals surface area contributed by atoms with Gasteiger partial charge in [0.2, 0.25) is 0 Å². The summed E-state index contributed by atoms with van der Waals surface area (Å²) in [6, 6.07) is 12.7. The lowest BCUT2D eigenvalue weighted by atomic mass is 10.1. The number of nitrogens with one attached hydrogen (secondary N) is 2. The molecule has 0 aliphatic carbocycles. The summed E-state index contributed by atoms with van der Waals surface area (Å²) in [5.74, 6) is -0.187. The molecular formula is C18H20ClN3O3S. The Balaban J connectivity index is 1.87. The minimum absolute atomic E-state index is 0.0833. The maximum atomic E-state index is 12.9. The second kappa shape index (κ2) is 7.65. The van der Waals surface area contributed by atoms with E-state index in [1.807, 2.05) is 6.92 Å². The molecule has 2 aromatic carbocycles. The van der Waals surface area contributed by atoms with E-state index in [4.69, 9.17) is 11.6 Å². The molecule has 138 valence electrons. The topological polar surface area (TPSA) is 78.5 Å². The van der Waals surface area contributed by atoms with Gasteiger partial charge in [-0.3, -0.25) is 9.52 Å². The zero-order valence-corrected chi connectivity index (χ0v) is 15.8. The predicted octanol–water partition coefficient (Wildman–Crippen LogP) is 2.57. The molecule has 8 heteroatoms. The molecule has 1 aliphatic heterocycles. The molecule has 3 rings (SSSR count). The van der Waals surface area contributed by atoms with Crippen LogP contribution in [0.5, 0.6) is 0 Å². The zero-order valence-electron chi connectivity index (χ0n) is 14.3. The third kappa shape index (κ3) is 4.17. The highest BCUT2D eigenvalue weighted by molar-refractivity contribution is 7.92. The van der Waals surface area contributed by atoms with Gasteiger partial charge in [0, 0.05) is 30.7 Å². The van der Waals surface area contributed by atoms with E-state index in [1.54, 1.807) is 29.2 Å². The molecule has 1 aliphatic rings. The second-order valence-corrected chi connectivity index (χ2v) is 8.33. The van der Waals surface area contributed by atoms with Crippen LogP contribution in [0.25, 0.3) is 0 Å². The van der Waals surface area contributed by atoms with Gasteiger partial charge in [-0.15, -0.1) is 0 Å². The minimum Gasteiger partial charge on any atom is -0.336 e.